The van der Waals surface area contributed by atoms with E-state index in [2.05, 4.69) is 4.90 Å². The highest BCUT2D eigenvalue weighted by molar-refractivity contribution is 7.92. The third kappa shape index (κ3) is 3.33. The van der Waals surface area contributed by atoms with Crippen LogP contribution in [0.5, 0.6) is 0 Å². The number of anilines is 1. The monoisotopic (exact) mass is 438 g/mol. The van der Waals surface area contributed by atoms with Gasteiger partial charge in [-0.05, 0) is 41.5 Å². The molecule has 0 saturated carbocycles. The molecular formula is C24H23FN2O3S. The van der Waals surface area contributed by atoms with Gasteiger partial charge in [-0.1, -0.05) is 48.5 Å². The van der Waals surface area contributed by atoms with Crippen LogP contribution in [0.2, 0.25) is 0 Å². The molecule has 0 radical (unpaired) electrons. The molecule has 31 heavy (non-hydrogen) atoms. The van der Waals surface area contributed by atoms with Gasteiger partial charge in [-0.2, -0.15) is 0 Å². The van der Waals surface area contributed by atoms with E-state index >= 15 is 0 Å². The molecule has 3 aromatic rings. The fraction of sp³-hybridized carbons (Fsp3) is 0.250. The maximum Gasteiger partial charge on any atom is 0.264 e. The highest BCUT2D eigenvalue weighted by atomic mass is 32.2. The number of halogens is 1. The Morgan fingerprint density at radius 3 is 2.32 bits per heavy atom. The molecule has 3 atom stereocenters. The molecule has 2 heterocycles. The molecular weight excluding hydrogens is 415 g/mol. The third-order valence-corrected chi connectivity index (χ3v) is 8.19. The number of hydrogen-bond donors (Lipinski definition) is 1. The van der Waals surface area contributed by atoms with Crippen LogP contribution in [-0.4, -0.2) is 43.7 Å². The van der Waals surface area contributed by atoms with E-state index in [0.29, 0.717) is 18.8 Å². The summed E-state index contributed by atoms with van der Waals surface area (Å²) in [4.78, 5) is 2.38. The fourth-order valence-corrected chi connectivity index (χ4v) is 6.44. The zero-order valence-electron chi connectivity index (χ0n) is 16.8. The number of fused-ring (bicyclic) bond motifs is 3. The number of rotatable bonds is 5. The summed E-state index contributed by atoms with van der Waals surface area (Å²) in [6, 6.07) is 22.1. The molecule has 2 aliphatic heterocycles. The number of likely N-dealkylation sites (tertiary alicyclic amines) is 1. The zero-order chi connectivity index (χ0) is 21.6. The molecule has 1 N–H and O–H groups in total. The predicted octanol–water partition coefficient (Wildman–Crippen LogP) is 3.36. The number of aliphatic hydroxyl groups excluding tert-OH is 1. The number of benzene rings is 3. The summed E-state index contributed by atoms with van der Waals surface area (Å²) in [6.07, 6.45) is 0. The summed E-state index contributed by atoms with van der Waals surface area (Å²) < 4.78 is 41.8. The standard InChI is InChI=1S/C24H23FN2O3S/c25-18-12-10-17(11-13-18)14-26-22-15-27(31(29,30)19-6-2-1-3-7-19)21-9-5-4-8-20(21)24(22)23(26)16-28/h1-13,22-24,28H,14-16H2/t22-,23+,24+/m0/s1. The van der Waals surface area contributed by atoms with Crippen molar-refractivity contribution in [2.75, 3.05) is 17.5 Å². The minimum atomic E-state index is -3.73. The molecule has 0 aliphatic carbocycles. The van der Waals surface area contributed by atoms with Gasteiger partial charge in [-0.15, -0.1) is 0 Å². The Morgan fingerprint density at radius 1 is 0.935 bits per heavy atom. The third-order valence-electron chi connectivity index (χ3n) is 6.40. The van der Waals surface area contributed by atoms with Crippen molar-refractivity contribution in [1.82, 2.24) is 4.90 Å². The highest BCUT2D eigenvalue weighted by Gasteiger charge is 2.53. The Bertz CT molecular complexity index is 1180. The molecule has 0 unspecified atom stereocenters. The molecule has 7 heteroatoms. The van der Waals surface area contributed by atoms with E-state index in [1.165, 1.54) is 16.4 Å². The second-order valence-corrected chi connectivity index (χ2v) is 9.91. The van der Waals surface area contributed by atoms with Gasteiger partial charge in [0.1, 0.15) is 5.82 Å². The SMILES string of the molecule is O=S(=O)(c1ccccc1)N1C[C@H]2[C@@H](c3ccccc31)[C@@H](CO)N2Cc1ccc(F)cc1. The van der Waals surface area contributed by atoms with Crippen LogP contribution >= 0.6 is 0 Å². The van der Waals surface area contributed by atoms with E-state index in [1.54, 1.807) is 42.5 Å². The zero-order valence-corrected chi connectivity index (χ0v) is 17.6. The van der Waals surface area contributed by atoms with Gasteiger partial charge in [-0.3, -0.25) is 9.21 Å². The number of para-hydroxylation sites is 1. The van der Waals surface area contributed by atoms with Crippen LogP contribution in [0.1, 0.15) is 17.0 Å². The Morgan fingerprint density at radius 2 is 1.61 bits per heavy atom. The quantitative estimate of drug-likeness (QED) is 0.664. The van der Waals surface area contributed by atoms with Crippen molar-refractivity contribution in [3.63, 3.8) is 0 Å². The van der Waals surface area contributed by atoms with E-state index in [4.69, 9.17) is 0 Å². The predicted molar refractivity (Wildman–Crippen MR) is 117 cm³/mol. The topological polar surface area (TPSA) is 60.9 Å². The van der Waals surface area contributed by atoms with Gasteiger partial charge >= 0.3 is 0 Å². The molecule has 2 aliphatic rings. The van der Waals surface area contributed by atoms with E-state index in [0.717, 1.165) is 11.1 Å². The molecule has 1 fully saturated rings. The Hall–Kier alpha value is -2.74. The summed E-state index contributed by atoms with van der Waals surface area (Å²) in [5, 5.41) is 10.1. The van der Waals surface area contributed by atoms with Crippen LogP contribution < -0.4 is 4.31 Å². The van der Waals surface area contributed by atoms with Crippen LogP contribution in [0, 0.1) is 5.82 Å². The van der Waals surface area contributed by atoms with E-state index in [9.17, 15) is 17.9 Å². The molecule has 3 aromatic carbocycles. The van der Waals surface area contributed by atoms with Crippen LogP contribution in [0.4, 0.5) is 10.1 Å². The van der Waals surface area contributed by atoms with Gasteiger partial charge in [0.25, 0.3) is 10.0 Å². The van der Waals surface area contributed by atoms with Crippen molar-refractivity contribution in [3.05, 3.63) is 95.8 Å². The van der Waals surface area contributed by atoms with Crippen molar-refractivity contribution in [2.24, 2.45) is 0 Å². The molecule has 5 nitrogen and oxygen atoms in total. The minimum Gasteiger partial charge on any atom is -0.395 e. The lowest BCUT2D eigenvalue weighted by Gasteiger charge is -2.59. The Labute approximate surface area is 181 Å². The largest absolute Gasteiger partial charge is 0.395 e. The average Bonchev–Trinajstić information content (AvgIpc) is 2.79. The van der Waals surface area contributed by atoms with Gasteiger partial charge in [0.05, 0.1) is 23.7 Å². The molecule has 160 valence electrons. The van der Waals surface area contributed by atoms with Crippen LogP contribution in [0.25, 0.3) is 0 Å². The van der Waals surface area contributed by atoms with Gasteiger partial charge < -0.3 is 5.11 Å². The number of aliphatic hydroxyl groups is 1. The smallest absolute Gasteiger partial charge is 0.264 e. The first-order valence-electron chi connectivity index (χ1n) is 10.3. The van der Waals surface area contributed by atoms with E-state index in [-0.39, 0.29) is 35.3 Å². The molecule has 0 bridgehead atoms. The summed E-state index contributed by atoms with van der Waals surface area (Å²) in [7, 11) is -3.73. The Kier molecular flexibility index (Phi) is 5.04. The van der Waals surface area contributed by atoms with Crippen molar-refractivity contribution in [2.45, 2.75) is 29.4 Å². The minimum absolute atomic E-state index is 0.0257. The second-order valence-electron chi connectivity index (χ2n) is 8.05. The van der Waals surface area contributed by atoms with Crippen molar-refractivity contribution in [1.29, 1.82) is 0 Å². The van der Waals surface area contributed by atoms with E-state index < -0.39 is 10.0 Å². The molecule has 5 rings (SSSR count). The van der Waals surface area contributed by atoms with Crippen LogP contribution in [-0.2, 0) is 16.6 Å². The van der Waals surface area contributed by atoms with Gasteiger partial charge in [0.15, 0.2) is 0 Å². The summed E-state index contributed by atoms with van der Waals surface area (Å²) >= 11 is 0. The van der Waals surface area contributed by atoms with Gasteiger partial charge in [-0.25, -0.2) is 12.8 Å². The fourth-order valence-electron chi connectivity index (χ4n) is 4.91. The van der Waals surface area contributed by atoms with Crippen LogP contribution in [0.15, 0.2) is 83.8 Å². The average molecular weight is 439 g/mol. The number of hydrogen-bond acceptors (Lipinski definition) is 4. The lowest BCUT2D eigenvalue weighted by molar-refractivity contribution is -0.0477. The maximum absolute atomic E-state index is 13.5. The van der Waals surface area contributed by atoms with Gasteiger partial charge in [0.2, 0.25) is 0 Å². The number of nitrogens with zero attached hydrogens (tertiary/aromatic N) is 2. The summed E-state index contributed by atoms with van der Waals surface area (Å²) in [6.45, 7) is 0.798. The Balaban J connectivity index is 1.53. The van der Waals surface area contributed by atoms with Crippen molar-refractivity contribution >= 4 is 15.7 Å². The first-order chi connectivity index (χ1) is 15.0. The lowest BCUT2D eigenvalue weighted by atomic mass is 9.72. The molecule has 0 spiro atoms. The summed E-state index contributed by atoms with van der Waals surface area (Å²) in [5.74, 6) is -0.250. The lowest BCUT2D eigenvalue weighted by Crippen LogP contribution is -2.68. The molecule has 1 saturated heterocycles. The first-order valence-corrected chi connectivity index (χ1v) is 11.7. The van der Waals surface area contributed by atoms with Crippen LogP contribution in [0.3, 0.4) is 0 Å². The normalized spacial score (nSPS) is 23.0. The highest BCUT2D eigenvalue weighted by Crippen LogP contribution is 2.49. The molecule has 0 amide bonds. The molecule has 0 aromatic heterocycles. The van der Waals surface area contributed by atoms with Crippen molar-refractivity contribution in [3.8, 4) is 0 Å². The maximum atomic E-state index is 13.5. The first kappa shape index (κ1) is 20.2. The van der Waals surface area contributed by atoms with Gasteiger partial charge in [0, 0.05) is 24.5 Å². The summed E-state index contributed by atoms with van der Waals surface area (Å²) in [5.41, 5.74) is 2.54. The van der Waals surface area contributed by atoms with E-state index in [1.807, 2.05) is 24.3 Å². The second kappa shape index (κ2) is 7.75. The van der Waals surface area contributed by atoms with Crippen molar-refractivity contribution < 1.29 is 17.9 Å². The number of sulfonamides is 1.